The van der Waals surface area contributed by atoms with E-state index in [0.717, 1.165) is 42.7 Å². The molecule has 0 saturated carbocycles. The SMILES string of the molecule is Cc1cc(N)ccc1N1CCCCC1C(N)=O. The minimum absolute atomic E-state index is 0.175. The molecule has 1 amide bonds. The van der Waals surface area contributed by atoms with Crippen molar-refractivity contribution in [3.05, 3.63) is 23.8 Å². The largest absolute Gasteiger partial charge is 0.399 e. The summed E-state index contributed by atoms with van der Waals surface area (Å²) in [4.78, 5) is 13.6. The smallest absolute Gasteiger partial charge is 0.240 e. The molecule has 0 spiro atoms. The summed E-state index contributed by atoms with van der Waals surface area (Å²) in [5.41, 5.74) is 14.1. The quantitative estimate of drug-likeness (QED) is 0.759. The summed E-state index contributed by atoms with van der Waals surface area (Å²) >= 11 is 0. The van der Waals surface area contributed by atoms with Gasteiger partial charge in [-0.15, -0.1) is 0 Å². The zero-order valence-corrected chi connectivity index (χ0v) is 10.1. The van der Waals surface area contributed by atoms with Crippen molar-refractivity contribution < 1.29 is 4.79 Å². The number of hydrogen-bond donors (Lipinski definition) is 2. The molecule has 1 heterocycles. The fourth-order valence-corrected chi connectivity index (χ4v) is 2.52. The van der Waals surface area contributed by atoms with Crippen LogP contribution >= 0.6 is 0 Å². The first-order valence-corrected chi connectivity index (χ1v) is 6.01. The summed E-state index contributed by atoms with van der Waals surface area (Å²) in [7, 11) is 0. The molecule has 0 bridgehead atoms. The first-order valence-electron chi connectivity index (χ1n) is 6.01. The number of amides is 1. The lowest BCUT2D eigenvalue weighted by molar-refractivity contribution is -0.119. The van der Waals surface area contributed by atoms with E-state index in [-0.39, 0.29) is 11.9 Å². The Morgan fingerprint density at radius 3 is 2.82 bits per heavy atom. The third-order valence-electron chi connectivity index (χ3n) is 3.36. The highest BCUT2D eigenvalue weighted by Gasteiger charge is 2.27. The first kappa shape index (κ1) is 11.8. The van der Waals surface area contributed by atoms with Gasteiger partial charge in [0.1, 0.15) is 6.04 Å². The average molecular weight is 233 g/mol. The second kappa shape index (κ2) is 4.65. The number of rotatable bonds is 2. The highest BCUT2D eigenvalue weighted by molar-refractivity contribution is 5.84. The third-order valence-corrected chi connectivity index (χ3v) is 3.36. The summed E-state index contributed by atoms with van der Waals surface area (Å²) in [5.74, 6) is -0.235. The van der Waals surface area contributed by atoms with Crippen molar-refractivity contribution in [3.63, 3.8) is 0 Å². The molecule has 4 N–H and O–H groups in total. The number of nitrogens with zero attached hydrogens (tertiary/aromatic N) is 1. The highest BCUT2D eigenvalue weighted by Crippen LogP contribution is 2.28. The van der Waals surface area contributed by atoms with Gasteiger partial charge >= 0.3 is 0 Å². The van der Waals surface area contributed by atoms with Gasteiger partial charge in [0.2, 0.25) is 5.91 Å². The molecule has 17 heavy (non-hydrogen) atoms. The van der Waals surface area contributed by atoms with Gasteiger partial charge in [0.05, 0.1) is 0 Å². The van der Waals surface area contributed by atoms with Crippen LogP contribution in [-0.2, 0) is 4.79 Å². The number of nitrogen functional groups attached to an aromatic ring is 1. The maximum absolute atomic E-state index is 11.5. The third kappa shape index (κ3) is 2.35. The van der Waals surface area contributed by atoms with Crippen LogP contribution in [0.1, 0.15) is 24.8 Å². The van der Waals surface area contributed by atoms with Crippen molar-refractivity contribution in [1.29, 1.82) is 0 Å². The van der Waals surface area contributed by atoms with Crippen molar-refractivity contribution in [1.82, 2.24) is 0 Å². The Balaban J connectivity index is 2.32. The maximum atomic E-state index is 11.5. The van der Waals surface area contributed by atoms with E-state index in [0.29, 0.717) is 0 Å². The Kier molecular flexibility index (Phi) is 3.22. The molecule has 1 aliphatic heterocycles. The molecule has 1 aromatic rings. The highest BCUT2D eigenvalue weighted by atomic mass is 16.1. The number of anilines is 2. The van der Waals surface area contributed by atoms with Crippen LogP contribution in [-0.4, -0.2) is 18.5 Å². The topological polar surface area (TPSA) is 72.3 Å². The predicted molar refractivity (Wildman–Crippen MR) is 69.8 cm³/mol. The van der Waals surface area contributed by atoms with Gasteiger partial charge in [-0.3, -0.25) is 4.79 Å². The molecule has 4 nitrogen and oxygen atoms in total. The summed E-state index contributed by atoms with van der Waals surface area (Å²) in [6.07, 6.45) is 3.02. The standard InChI is InChI=1S/C13H19N3O/c1-9-8-10(14)5-6-11(9)16-7-3-2-4-12(16)13(15)17/h5-6,8,12H,2-4,7,14H2,1H3,(H2,15,17). The zero-order chi connectivity index (χ0) is 12.4. The van der Waals surface area contributed by atoms with Gasteiger partial charge in [-0.1, -0.05) is 0 Å². The number of piperidine rings is 1. The van der Waals surface area contributed by atoms with Crippen molar-refractivity contribution in [2.24, 2.45) is 5.73 Å². The van der Waals surface area contributed by atoms with Crippen molar-refractivity contribution >= 4 is 17.3 Å². The number of primary amides is 1. The van der Waals surface area contributed by atoms with Crippen molar-refractivity contribution in [2.75, 3.05) is 17.2 Å². The van der Waals surface area contributed by atoms with Crippen molar-refractivity contribution in [3.8, 4) is 0 Å². The Hall–Kier alpha value is -1.71. The molecule has 4 heteroatoms. The lowest BCUT2D eigenvalue weighted by Gasteiger charge is -2.36. The fraction of sp³-hybridized carbons (Fsp3) is 0.462. The van der Waals surface area contributed by atoms with Gasteiger partial charge < -0.3 is 16.4 Å². The van der Waals surface area contributed by atoms with Gasteiger partial charge in [-0.25, -0.2) is 0 Å². The molecule has 1 aliphatic rings. The summed E-state index contributed by atoms with van der Waals surface area (Å²) < 4.78 is 0. The van der Waals surface area contributed by atoms with Gasteiger partial charge in [0.25, 0.3) is 0 Å². The molecule has 0 aliphatic carbocycles. The number of carbonyl (C=O) groups excluding carboxylic acids is 1. The number of carbonyl (C=O) groups is 1. The second-order valence-electron chi connectivity index (χ2n) is 4.65. The van der Waals surface area contributed by atoms with Crippen LogP contribution in [0.3, 0.4) is 0 Å². The zero-order valence-electron chi connectivity index (χ0n) is 10.1. The minimum Gasteiger partial charge on any atom is -0.399 e. The van der Waals surface area contributed by atoms with Gasteiger partial charge in [-0.05, 0) is 49.9 Å². The van der Waals surface area contributed by atoms with E-state index in [1.54, 1.807) is 0 Å². The predicted octanol–water partition coefficient (Wildman–Crippen LogP) is 1.42. The molecule has 0 radical (unpaired) electrons. The van der Waals surface area contributed by atoms with Gasteiger partial charge in [0, 0.05) is 17.9 Å². The Morgan fingerprint density at radius 1 is 1.41 bits per heavy atom. The van der Waals surface area contributed by atoms with Crippen LogP contribution < -0.4 is 16.4 Å². The molecule has 1 atom stereocenters. The van der Waals surface area contributed by atoms with E-state index in [1.807, 2.05) is 25.1 Å². The lowest BCUT2D eigenvalue weighted by Crippen LogP contribution is -2.48. The molecule has 1 saturated heterocycles. The van der Waals surface area contributed by atoms with Gasteiger partial charge in [-0.2, -0.15) is 0 Å². The normalized spacial score (nSPS) is 20.3. The number of nitrogens with two attached hydrogens (primary N) is 2. The molecule has 0 aromatic heterocycles. The van der Waals surface area contributed by atoms with E-state index in [4.69, 9.17) is 11.5 Å². The Morgan fingerprint density at radius 2 is 2.18 bits per heavy atom. The maximum Gasteiger partial charge on any atom is 0.240 e. The molecule has 92 valence electrons. The fourth-order valence-electron chi connectivity index (χ4n) is 2.52. The Labute approximate surface area is 102 Å². The van der Waals surface area contributed by atoms with Crippen LogP contribution in [0.4, 0.5) is 11.4 Å². The number of benzene rings is 1. The van der Waals surface area contributed by atoms with E-state index in [2.05, 4.69) is 4.90 Å². The summed E-state index contributed by atoms with van der Waals surface area (Å²) in [6, 6.07) is 5.61. The van der Waals surface area contributed by atoms with Crippen molar-refractivity contribution in [2.45, 2.75) is 32.2 Å². The number of hydrogen-bond acceptors (Lipinski definition) is 3. The Bertz CT molecular complexity index is 431. The van der Waals surface area contributed by atoms with Crippen LogP contribution in [0, 0.1) is 6.92 Å². The first-order chi connectivity index (χ1) is 8.09. The molecule has 2 rings (SSSR count). The minimum atomic E-state index is -0.235. The lowest BCUT2D eigenvalue weighted by atomic mass is 9.99. The van der Waals surface area contributed by atoms with E-state index in [1.165, 1.54) is 0 Å². The van der Waals surface area contributed by atoms with E-state index < -0.39 is 0 Å². The van der Waals surface area contributed by atoms with Crippen LogP contribution in [0.15, 0.2) is 18.2 Å². The van der Waals surface area contributed by atoms with E-state index >= 15 is 0 Å². The monoisotopic (exact) mass is 233 g/mol. The molecule has 1 unspecified atom stereocenters. The van der Waals surface area contributed by atoms with Crippen LogP contribution in [0.5, 0.6) is 0 Å². The molecular formula is C13H19N3O. The van der Waals surface area contributed by atoms with E-state index in [9.17, 15) is 4.79 Å². The summed E-state index contributed by atoms with van der Waals surface area (Å²) in [5, 5.41) is 0. The average Bonchev–Trinajstić information content (AvgIpc) is 2.29. The van der Waals surface area contributed by atoms with Gasteiger partial charge in [0.15, 0.2) is 0 Å². The molecular weight excluding hydrogens is 214 g/mol. The van der Waals surface area contributed by atoms with Crippen LogP contribution in [0.2, 0.25) is 0 Å². The van der Waals surface area contributed by atoms with Crippen LogP contribution in [0.25, 0.3) is 0 Å². The molecule has 1 aromatic carbocycles. The second-order valence-corrected chi connectivity index (χ2v) is 4.65. The molecule has 1 fully saturated rings. The number of aryl methyl sites for hydroxylation is 1. The summed E-state index contributed by atoms with van der Waals surface area (Å²) in [6.45, 7) is 2.90.